The topological polar surface area (TPSA) is 90.4 Å². The number of aliphatic hydroxyl groups is 1. The van der Waals surface area contributed by atoms with Gasteiger partial charge in [0, 0.05) is 25.8 Å². The molecule has 1 spiro atoms. The summed E-state index contributed by atoms with van der Waals surface area (Å²) < 4.78 is 6.63. The van der Waals surface area contributed by atoms with Crippen molar-refractivity contribution in [1.29, 1.82) is 0 Å². The minimum Gasteiger partial charge on any atom is -0.394 e. The van der Waals surface area contributed by atoms with Crippen LogP contribution in [0.5, 0.6) is 0 Å². The molecule has 0 radical (unpaired) electrons. The van der Waals surface area contributed by atoms with Gasteiger partial charge in [0.05, 0.1) is 30.6 Å². The summed E-state index contributed by atoms with van der Waals surface area (Å²) in [5.74, 6) is -2.42. The molecule has 0 saturated carbocycles. The third-order valence-electron chi connectivity index (χ3n) is 8.27. The van der Waals surface area contributed by atoms with Gasteiger partial charge < -0.3 is 24.5 Å². The van der Waals surface area contributed by atoms with Crippen LogP contribution >= 0.6 is 0 Å². The lowest BCUT2D eigenvalue weighted by Crippen LogP contribution is -2.59. The zero-order valence-corrected chi connectivity index (χ0v) is 21.5. The van der Waals surface area contributed by atoms with Gasteiger partial charge in [0.25, 0.3) is 5.91 Å². The number of aryl methyl sites for hydroxylation is 2. The maximum absolute atomic E-state index is 14.5. The van der Waals surface area contributed by atoms with E-state index in [1.54, 1.807) is 16.8 Å². The molecule has 8 heteroatoms. The molecular weight excluding hydrogens is 458 g/mol. The first kappa shape index (κ1) is 24.7. The van der Waals surface area contributed by atoms with Gasteiger partial charge in [-0.05, 0) is 37.0 Å². The zero-order valence-electron chi connectivity index (χ0n) is 21.5. The molecule has 5 rings (SSSR count). The number of fused-ring (bicyclic) bond motifs is 2. The first-order chi connectivity index (χ1) is 17.1. The number of anilines is 1. The van der Waals surface area contributed by atoms with Gasteiger partial charge in [-0.3, -0.25) is 14.4 Å². The first-order valence-electron chi connectivity index (χ1n) is 12.7. The highest BCUT2D eigenvalue weighted by atomic mass is 16.5. The predicted octanol–water partition coefficient (Wildman–Crippen LogP) is 1.83. The number of aliphatic hydroxyl groups excluding tert-OH is 1. The lowest BCUT2D eigenvalue weighted by Gasteiger charge is -2.40. The van der Waals surface area contributed by atoms with Crippen molar-refractivity contribution >= 4 is 23.4 Å². The Morgan fingerprint density at radius 2 is 1.83 bits per heavy atom. The normalized spacial score (nSPS) is 32.5. The minimum absolute atomic E-state index is 0.104. The summed E-state index contributed by atoms with van der Waals surface area (Å²) in [6.45, 7) is 8.26. The molecule has 2 saturated heterocycles. The highest BCUT2D eigenvalue weighted by molar-refractivity contribution is 6.06. The number of ether oxygens (including phenoxy) is 1. The van der Waals surface area contributed by atoms with Crippen LogP contribution in [0.1, 0.15) is 25.0 Å². The van der Waals surface area contributed by atoms with Gasteiger partial charge in [-0.2, -0.15) is 0 Å². The van der Waals surface area contributed by atoms with E-state index in [-0.39, 0.29) is 30.2 Å². The minimum atomic E-state index is -1.30. The summed E-state index contributed by atoms with van der Waals surface area (Å²) >= 11 is 0. The van der Waals surface area contributed by atoms with Crippen molar-refractivity contribution in [2.75, 3.05) is 31.6 Å². The number of likely N-dealkylation sites (N-methyl/N-ethyl adjacent to an activating group) is 1. The number of amides is 3. The number of hydrogen-bond donors (Lipinski definition) is 1. The largest absolute Gasteiger partial charge is 0.394 e. The standard InChI is InChI=1S/C28H35N3O5/c1-16(2)20(15-32)31-24-27(35)30(19-14-17(3)9-10-18(19)4)13-7-11-28(24)23(26(31)34)22-21(36-28)8-6-12-29(5)25(22)33/h6-11,14,16,20-24,32H,12-13,15H2,1-5H3/t20-,21-,22+,23-,24?,28-/m0/s1. The average Bonchev–Trinajstić information content (AvgIpc) is 3.15. The fourth-order valence-electron chi connectivity index (χ4n) is 6.41. The van der Waals surface area contributed by atoms with Crippen LogP contribution in [0.25, 0.3) is 0 Å². The van der Waals surface area contributed by atoms with E-state index in [1.807, 2.05) is 70.2 Å². The van der Waals surface area contributed by atoms with Crippen molar-refractivity contribution in [1.82, 2.24) is 9.80 Å². The maximum atomic E-state index is 14.5. The Morgan fingerprint density at radius 1 is 1.08 bits per heavy atom. The smallest absolute Gasteiger partial charge is 0.253 e. The van der Waals surface area contributed by atoms with Crippen molar-refractivity contribution in [3.63, 3.8) is 0 Å². The first-order valence-corrected chi connectivity index (χ1v) is 12.7. The fraction of sp³-hybridized carbons (Fsp3) is 0.536. The fourth-order valence-corrected chi connectivity index (χ4v) is 6.41. The van der Waals surface area contributed by atoms with E-state index < -0.39 is 35.6 Å². The molecule has 4 heterocycles. The van der Waals surface area contributed by atoms with Crippen LogP contribution in [0.2, 0.25) is 0 Å². The van der Waals surface area contributed by atoms with Crippen molar-refractivity contribution in [2.24, 2.45) is 17.8 Å². The second-order valence-electron chi connectivity index (χ2n) is 10.9. The maximum Gasteiger partial charge on any atom is 0.253 e. The van der Waals surface area contributed by atoms with Gasteiger partial charge in [0.1, 0.15) is 11.6 Å². The van der Waals surface area contributed by atoms with Gasteiger partial charge in [-0.25, -0.2) is 0 Å². The summed E-state index contributed by atoms with van der Waals surface area (Å²) in [5, 5.41) is 10.4. The second kappa shape index (κ2) is 8.85. The molecule has 1 unspecified atom stereocenters. The number of hydrogen-bond acceptors (Lipinski definition) is 5. The Labute approximate surface area is 212 Å². The molecule has 0 aromatic heterocycles. The van der Waals surface area contributed by atoms with Crippen molar-refractivity contribution in [3.8, 4) is 0 Å². The molecule has 1 aromatic carbocycles. The van der Waals surface area contributed by atoms with Crippen molar-refractivity contribution in [3.05, 3.63) is 53.6 Å². The van der Waals surface area contributed by atoms with Crippen LogP contribution in [0.15, 0.2) is 42.5 Å². The Hall–Kier alpha value is -2.97. The number of rotatable bonds is 4. The molecule has 0 bridgehead atoms. The number of likely N-dealkylation sites (tertiary alicyclic amines) is 1. The third-order valence-corrected chi connectivity index (χ3v) is 8.27. The Kier molecular flexibility index (Phi) is 6.08. The van der Waals surface area contributed by atoms with Gasteiger partial charge in [-0.1, -0.05) is 50.3 Å². The molecule has 4 aliphatic heterocycles. The quantitative estimate of drug-likeness (QED) is 0.647. The molecule has 0 aliphatic carbocycles. The number of carbonyl (C=O) groups is 3. The van der Waals surface area contributed by atoms with Gasteiger partial charge >= 0.3 is 0 Å². The summed E-state index contributed by atoms with van der Waals surface area (Å²) in [6.07, 6.45) is 6.86. The Balaban J connectivity index is 1.68. The molecule has 1 N–H and O–H groups in total. The van der Waals surface area contributed by atoms with Crippen LogP contribution in [-0.2, 0) is 19.1 Å². The molecule has 36 heavy (non-hydrogen) atoms. The van der Waals surface area contributed by atoms with Gasteiger partial charge in [0.2, 0.25) is 11.8 Å². The van der Waals surface area contributed by atoms with E-state index in [2.05, 4.69) is 0 Å². The summed E-state index contributed by atoms with van der Waals surface area (Å²) in [4.78, 5) is 47.0. The van der Waals surface area contributed by atoms with E-state index in [0.29, 0.717) is 13.1 Å². The lowest BCUT2D eigenvalue weighted by molar-refractivity contribution is -0.147. The lowest BCUT2D eigenvalue weighted by atomic mass is 9.77. The number of nitrogens with zero attached hydrogens (tertiary/aromatic N) is 3. The highest BCUT2D eigenvalue weighted by Crippen LogP contribution is 2.54. The molecule has 3 amide bonds. The van der Waals surface area contributed by atoms with Gasteiger partial charge in [0.15, 0.2) is 0 Å². The Bertz CT molecular complexity index is 1160. The van der Waals surface area contributed by atoms with E-state index in [0.717, 1.165) is 16.8 Å². The van der Waals surface area contributed by atoms with Crippen molar-refractivity contribution in [2.45, 2.75) is 51.5 Å². The Morgan fingerprint density at radius 3 is 2.53 bits per heavy atom. The summed E-state index contributed by atoms with van der Waals surface area (Å²) in [6, 6.07) is 4.38. The number of benzene rings is 1. The SMILES string of the molecule is Cc1ccc(C)c(N2CC=C[C@]34O[C@H]5C=CCN(C)C(=O)[C@H]5[C@H]3C(=O)N([C@@H](CO)C(C)C)C4C2=O)c1. The molecule has 2 fully saturated rings. The molecule has 192 valence electrons. The molecule has 4 aliphatic rings. The van der Waals surface area contributed by atoms with E-state index >= 15 is 0 Å². The van der Waals surface area contributed by atoms with E-state index in [9.17, 15) is 19.5 Å². The van der Waals surface area contributed by atoms with E-state index in [1.165, 1.54) is 4.90 Å². The van der Waals surface area contributed by atoms with Crippen molar-refractivity contribution < 1.29 is 24.2 Å². The second-order valence-corrected chi connectivity index (χ2v) is 10.9. The zero-order chi connectivity index (χ0) is 25.9. The van der Waals surface area contributed by atoms with Crippen LogP contribution < -0.4 is 4.90 Å². The molecule has 1 aromatic rings. The third kappa shape index (κ3) is 3.45. The summed E-state index contributed by atoms with van der Waals surface area (Å²) in [5.41, 5.74) is 1.46. The van der Waals surface area contributed by atoms with Crippen LogP contribution in [0.4, 0.5) is 5.69 Å². The van der Waals surface area contributed by atoms with E-state index in [4.69, 9.17) is 4.74 Å². The van der Waals surface area contributed by atoms with Crippen LogP contribution in [-0.4, -0.2) is 83.2 Å². The molecular formula is C28H35N3O5. The number of carbonyl (C=O) groups excluding carboxylic acids is 3. The molecule has 8 nitrogen and oxygen atoms in total. The molecule has 6 atom stereocenters. The van der Waals surface area contributed by atoms with Crippen LogP contribution in [0, 0.1) is 31.6 Å². The van der Waals surface area contributed by atoms with Crippen LogP contribution in [0.3, 0.4) is 0 Å². The average molecular weight is 494 g/mol. The summed E-state index contributed by atoms with van der Waals surface area (Å²) in [7, 11) is 1.72. The monoisotopic (exact) mass is 493 g/mol. The highest BCUT2D eigenvalue weighted by Gasteiger charge is 2.72. The predicted molar refractivity (Wildman–Crippen MR) is 135 cm³/mol. The van der Waals surface area contributed by atoms with Gasteiger partial charge in [-0.15, -0.1) is 0 Å².